The number of rotatable bonds is 12. The highest BCUT2D eigenvalue weighted by molar-refractivity contribution is 8.00. The summed E-state index contributed by atoms with van der Waals surface area (Å²) in [7, 11) is 4.30. The predicted octanol–water partition coefficient (Wildman–Crippen LogP) is 6.02. The molecular formula is C35H33N3O7S. The summed E-state index contributed by atoms with van der Waals surface area (Å²) in [4.78, 5) is 52.5. The Morgan fingerprint density at radius 2 is 1.52 bits per heavy atom. The summed E-state index contributed by atoms with van der Waals surface area (Å²) < 4.78 is 15.6. The molecule has 236 valence electrons. The van der Waals surface area contributed by atoms with E-state index in [9.17, 15) is 19.2 Å². The smallest absolute Gasteiger partial charge is 0.339 e. The van der Waals surface area contributed by atoms with Crippen LogP contribution in [0.5, 0.6) is 11.5 Å². The van der Waals surface area contributed by atoms with Gasteiger partial charge < -0.3 is 30.2 Å². The first-order valence-electron chi connectivity index (χ1n) is 14.1. The minimum Gasteiger partial charge on any atom is -0.497 e. The van der Waals surface area contributed by atoms with Gasteiger partial charge in [0.15, 0.2) is 0 Å². The minimum atomic E-state index is -0.582. The molecule has 0 saturated carbocycles. The van der Waals surface area contributed by atoms with Crippen LogP contribution in [0.2, 0.25) is 0 Å². The SMILES string of the molecule is COC(=O)c1ccccc1NC(=O)C(C)Sc1cccc(NC(=O)/C(=C\c2cc(OC)ccc2OC)NC(=O)c2ccccc2)c1. The van der Waals surface area contributed by atoms with E-state index in [-0.39, 0.29) is 17.2 Å². The fourth-order valence-electron chi connectivity index (χ4n) is 4.27. The summed E-state index contributed by atoms with van der Waals surface area (Å²) in [5.41, 5.74) is 1.89. The number of anilines is 2. The zero-order valence-corrected chi connectivity index (χ0v) is 26.5. The van der Waals surface area contributed by atoms with Crippen LogP contribution in [0.15, 0.2) is 108 Å². The van der Waals surface area contributed by atoms with E-state index in [0.717, 1.165) is 0 Å². The lowest BCUT2D eigenvalue weighted by atomic mass is 10.1. The molecule has 0 saturated heterocycles. The van der Waals surface area contributed by atoms with E-state index in [1.807, 2.05) is 6.07 Å². The van der Waals surface area contributed by atoms with E-state index in [1.54, 1.807) is 97.9 Å². The molecule has 0 fully saturated rings. The van der Waals surface area contributed by atoms with Crippen molar-refractivity contribution in [2.75, 3.05) is 32.0 Å². The third-order valence-electron chi connectivity index (χ3n) is 6.63. The van der Waals surface area contributed by atoms with Crippen LogP contribution in [0.4, 0.5) is 11.4 Å². The number of nitrogens with one attached hydrogen (secondary N) is 3. The average molecular weight is 640 g/mol. The number of para-hydroxylation sites is 1. The van der Waals surface area contributed by atoms with Crippen molar-refractivity contribution in [1.82, 2.24) is 5.32 Å². The number of esters is 1. The molecule has 11 heteroatoms. The van der Waals surface area contributed by atoms with Crippen molar-refractivity contribution in [2.24, 2.45) is 0 Å². The van der Waals surface area contributed by atoms with E-state index in [0.29, 0.717) is 38.9 Å². The third kappa shape index (κ3) is 8.76. The van der Waals surface area contributed by atoms with Crippen LogP contribution in [0.25, 0.3) is 6.08 Å². The van der Waals surface area contributed by atoms with Crippen LogP contribution in [-0.4, -0.2) is 50.3 Å². The molecule has 46 heavy (non-hydrogen) atoms. The Labute approximate surface area is 271 Å². The van der Waals surface area contributed by atoms with Gasteiger partial charge in [-0.1, -0.05) is 36.4 Å². The van der Waals surface area contributed by atoms with Gasteiger partial charge in [-0.05, 0) is 73.7 Å². The zero-order valence-electron chi connectivity index (χ0n) is 25.7. The van der Waals surface area contributed by atoms with Crippen molar-refractivity contribution in [1.29, 1.82) is 0 Å². The van der Waals surface area contributed by atoms with Crippen molar-refractivity contribution < 1.29 is 33.4 Å². The van der Waals surface area contributed by atoms with Crippen molar-refractivity contribution in [2.45, 2.75) is 17.1 Å². The first-order chi connectivity index (χ1) is 22.2. The molecule has 3 amide bonds. The van der Waals surface area contributed by atoms with Crippen LogP contribution >= 0.6 is 11.8 Å². The molecular weight excluding hydrogens is 606 g/mol. The Morgan fingerprint density at radius 1 is 0.783 bits per heavy atom. The molecule has 4 rings (SSSR count). The van der Waals surface area contributed by atoms with Gasteiger partial charge in [0, 0.05) is 21.7 Å². The maximum atomic E-state index is 13.6. The number of hydrogen-bond donors (Lipinski definition) is 3. The Morgan fingerprint density at radius 3 is 2.24 bits per heavy atom. The highest BCUT2D eigenvalue weighted by atomic mass is 32.2. The maximum absolute atomic E-state index is 13.6. The summed E-state index contributed by atoms with van der Waals surface area (Å²) >= 11 is 1.27. The maximum Gasteiger partial charge on any atom is 0.339 e. The summed E-state index contributed by atoms with van der Waals surface area (Å²) in [5, 5.41) is 7.77. The number of methoxy groups -OCH3 is 3. The molecule has 1 unspecified atom stereocenters. The Bertz CT molecular complexity index is 1760. The molecule has 3 N–H and O–H groups in total. The number of benzene rings is 4. The van der Waals surface area contributed by atoms with Crippen LogP contribution in [0.3, 0.4) is 0 Å². The highest BCUT2D eigenvalue weighted by Crippen LogP contribution is 2.29. The summed E-state index contributed by atoms with van der Waals surface area (Å²) in [6, 6.07) is 27.2. The van der Waals surface area contributed by atoms with Gasteiger partial charge >= 0.3 is 5.97 Å². The van der Waals surface area contributed by atoms with Crippen molar-refractivity contribution >= 4 is 52.9 Å². The summed E-state index contributed by atoms with van der Waals surface area (Å²) in [6.07, 6.45) is 1.51. The monoisotopic (exact) mass is 639 g/mol. The van der Waals surface area contributed by atoms with E-state index >= 15 is 0 Å². The first-order valence-corrected chi connectivity index (χ1v) is 15.0. The quantitative estimate of drug-likeness (QED) is 0.0975. The minimum absolute atomic E-state index is 0.0320. The number of amides is 3. The largest absolute Gasteiger partial charge is 0.497 e. The second kappa shape index (κ2) is 16.0. The van der Waals surface area contributed by atoms with Gasteiger partial charge in [0.25, 0.3) is 11.8 Å². The van der Waals surface area contributed by atoms with Gasteiger partial charge in [0.2, 0.25) is 5.91 Å². The summed E-state index contributed by atoms with van der Waals surface area (Å²) in [6.45, 7) is 1.73. The van der Waals surface area contributed by atoms with Crippen LogP contribution in [0.1, 0.15) is 33.2 Å². The molecule has 0 spiro atoms. The Balaban J connectivity index is 1.54. The van der Waals surface area contributed by atoms with Gasteiger partial charge in [-0.2, -0.15) is 0 Å². The first kappa shape index (κ1) is 33.3. The second-order valence-electron chi connectivity index (χ2n) is 9.75. The molecule has 4 aromatic rings. The fourth-order valence-corrected chi connectivity index (χ4v) is 5.19. The fraction of sp³-hybridized carbons (Fsp3) is 0.143. The van der Waals surface area contributed by atoms with E-state index in [2.05, 4.69) is 16.0 Å². The van der Waals surface area contributed by atoms with Gasteiger partial charge in [0.05, 0.1) is 37.8 Å². The highest BCUT2D eigenvalue weighted by Gasteiger charge is 2.20. The number of carbonyl (C=O) groups is 4. The lowest BCUT2D eigenvalue weighted by Crippen LogP contribution is -2.30. The Kier molecular flexibility index (Phi) is 11.6. The van der Waals surface area contributed by atoms with Crippen molar-refractivity contribution in [3.05, 3.63) is 119 Å². The molecule has 0 bridgehead atoms. The van der Waals surface area contributed by atoms with Crippen LogP contribution in [0, 0.1) is 0 Å². The number of ether oxygens (including phenoxy) is 3. The van der Waals surface area contributed by atoms with Crippen molar-refractivity contribution in [3.63, 3.8) is 0 Å². The summed E-state index contributed by atoms with van der Waals surface area (Å²) in [5.74, 6) is -0.921. The molecule has 0 aliphatic rings. The number of carbonyl (C=O) groups excluding carboxylic acids is 4. The lowest BCUT2D eigenvalue weighted by Gasteiger charge is -2.15. The molecule has 0 radical (unpaired) electrons. The second-order valence-corrected chi connectivity index (χ2v) is 11.2. The molecule has 1 atom stereocenters. The molecule has 0 heterocycles. The molecule has 0 aliphatic carbocycles. The van der Waals surface area contributed by atoms with Crippen LogP contribution < -0.4 is 25.4 Å². The van der Waals surface area contributed by atoms with Gasteiger partial charge in [-0.3, -0.25) is 14.4 Å². The lowest BCUT2D eigenvalue weighted by molar-refractivity contribution is -0.115. The molecule has 0 aliphatic heterocycles. The normalized spacial score (nSPS) is 11.5. The average Bonchev–Trinajstić information content (AvgIpc) is 3.08. The molecule has 4 aromatic carbocycles. The standard InChI is InChI=1S/C35H33N3O7S/c1-22(32(39)37-29-16-9-8-15-28(29)35(42)45-4)46-27-14-10-13-25(21-27)36-34(41)30(38-33(40)23-11-6-5-7-12-23)20-24-19-26(43-2)17-18-31(24)44-3/h5-22H,1-4H3,(H,36,41)(H,37,39)(H,38,40)/b30-20+. The van der Waals surface area contributed by atoms with E-state index in [1.165, 1.54) is 39.2 Å². The van der Waals surface area contributed by atoms with Gasteiger partial charge in [-0.25, -0.2) is 4.79 Å². The number of hydrogen-bond acceptors (Lipinski definition) is 8. The topological polar surface area (TPSA) is 132 Å². The van der Waals surface area contributed by atoms with Gasteiger partial charge in [-0.15, -0.1) is 11.8 Å². The zero-order chi connectivity index (χ0) is 33.1. The number of thioether (sulfide) groups is 1. The van der Waals surface area contributed by atoms with Crippen LogP contribution in [-0.2, 0) is 14.3 Å². The van der Waals surface area contributed by atoms with E-state index in [4.69, 9.17) is 14.2 Å². The van der Waals surface area contributed by atoms with Gasteiger partial charge in [0.1, 0.15) is 17.2 Å². The third-order valence-corrected chi connectivity index (χ3v) is 7.72. The Hall–Kier alpha value is -5.55. The molecule has 10 nitrogen and oxygen atoms in total. The molecule has 0 aromatic heterocycles. The van der Waals surface area contributed by atoms with Crippen molar-refractivity contribution in [3.8, 4) is 11.5 Å². The van der Waals surface area contributed by atoms with E-state index < -0.39 is 23.0 Å². The predicted molar refractivity (Wildman–Crippen MR) is 178 cm³/mol.